The van der Waals surface area contributed by atoms with Crippen molar-refractivity contribution >= 4 is 40.2 Å². The lowest BCUT2D eigenvalue weighted by atomic mass is 10.2. The average molecular weight is 400 g/mol. The number of fused-ring (bicyclic) bond motifs is 1. The molecule has 0 aliphatic heterocycles. The molecule has 2 aromatic carbocycles. The quantitative estimate of drug-likeness (QED) is 0.453. The van der Waals surface area contributed by atoms with Gasteiger partial charge in [-0.15, -0.1) is 0 Å². The lowest BCUT2D eigenvalue weighted by molar-refractivity contribution is 0.303. The van der Waals surface area contributed by atoms with Gasteiger partial charge in [0.25, 0.3) is 0 Å². The lowest BCUT2D eigenvalue weighted by Crippen LogP contribution is -2.06. The van der Waals surface area contributed by atoms with Crippen molar-refractivity contribution in [1.29, 1.82) is 0 Å². The van der Waals surface area contributed by atoms with Crippen LogP contribution in [0.5, 0.6) is 5.75 Å². The van der Waals surface area contributed by atoms with E-state index in [0.717, 1.165) is 16.9 Å². The van der Waals surface area contributed by atoms with Crippen LogP contribution in [0.25, 0.3) is 11.2 Å². The van der Waals surface area contributed by atoms with Gasteiger partial charge in [-0.05, 0) is 35.4 Å². The fraction of sp³-hybridized carbons (Fsp3) is 0.105. The first kappa shape index (κ1) is 17.6. The fourth-order valence-electron chi connectivity index (χ4n) is 2.68. The van der Waals surface area contributed by atoms with Crippen LogP contribution in [0, 0.1) is 0 Å². The molecule has 6 nitrogen and oxygen atoms in total. The number of ether oxygens (including phenoxy) is 1. The van der Waals surface area contributed by atoms with E-state index in [9.17, 15) is 0 Å². The Balaban J connectivity index is 1.54. The Morgan fingerprint density at radius 3 is 2.74 bits per heavy atom. The lowest BCUT2D eigenvalue weighted by Gasteiger charge is -2.13. The van der Waals surface area contributed by atoms with Crippen LogP contribution in [0.1, 0.15) is 11.1 Å². The molecule has 4 aromatic rings. The Labute approximate surface area is 165 Å². The van der Waals surface area contributed by atoms with E-state index in [2.05, 4.69) is 25.3 Å². The monoisotopic (exact) mass is 399 g/mol. The summed E-state index contributed by atoms with van der Waals surface area (Å²) in [5.74, 6) is 1.31. The van der Waals surface area contributed by atoms with Gasteiger partial charge in [0.15, 0.2) is 11.5 Å². The van der Waals surface area contributed by atoms with Crippen LogP contribution in [0.15, 0.2) is 54.9 Å². The van der Waals surface area contributed by atoms with Crippen molar-refractivity contribution in [2.24, 2.45) is 0 Å². The van der Waals surface area contributed by atoms with Gasteiger partial charge in [0.1, 0.15) is 17.9 Å². The fourth-order valence-corrected chi connectivity index (χ4v) is 3.04. The summed E-state index contributed by atoms with van der Waals surface area (Å²) >= 11 is 12.1. The molecular formula is C19H15Cl2N5O. The van der Waals surface area contributed by atoms with Crippen molar-refractivity contribution in [3.05, 3.63) is 76.3 Å². The standard InChI is InChI=1S/C19H15Cl2N5O/c20-14-6-7-15(27-10-12-4-2-1-3-5-12)13(8-14)9-22-17-16-18(24-11-23-16)26-19(21)25-17/h1-8,11H,9-10H2,(H2,22,23,24,25,26). The second-order valence-corrected chi connectivity index (χ2v) is 6.60. The van der Waals surface area contributed by atoms with E-state index in [1.807, 2.05) is 42.5 Å². The largest absolute Gasteiger partial charge is 0.489 e. The number of anilines is 1. The Kier molecular flexibility index (Phi) is 5.09. The zero-order chi connectivity index (χ0) is 18.6. The number of aromatic amines is 1. The summed E-state index contributed by atoms with van der Waals surface area (Å²) in [6, 6.07) is 15.5. The van der Waals surface area contributed by atoms with Gasteiger partial charge in [0.2, 0.25) is 5.28 Å². The van der Waals surface area contributed by atoms with Gasteiger partial charge < -0.3 is 15.0 Å². The predicted molar refractivity (Wildman–Crippen MR) is 106 cm³/mol. The third-order valence-corrected chi connectivity index (χ3v) is 4.37. The van der Waals surface area contributed by atoms with Crippen molar-refractivity contribution in [1.82, 2.24) is 19.9 Å². The van der Waals surface area contributed by atoms with Crippen molar-refractivity contribution in [2.75, 3.05) is 5.32 Å². The zero-order valence-electron chi connectivity index (χ0n) is 14.1. The molecule has 27 heavy (non-hydrogen) atoms. The maximum atomic E-state index is 6.17. The smallest absolute Gasteiger partial charge is 0.226 e. The van der Waals surface area contributed by atoms with E-state index in [4.69, 9.17) is 27.9 Å². The summed E-state index contributed by atoms with van der Waals surface area (Å²) in [5.41, 5.74) is 3.19. The summed E-state index contributed by atoms with van der Waals surface area (Å²) < 4.78 is 5.99. The zero-order valence-corrected chi connectivity index (χ0v) is 15.6. The molecule has 0 radical (unpaired) electrons. The number of hydrogen-bond acceptors (Lipinski definition) is 5. The highest BCUT2D eigenvalue weighted by Gasteiger charge is 2.11. The second-order valence-electron chi connectivity index (χ2n) is 5.82. The molecule has 2 aromatic heterocycles. The molecule has 0 saturated carbocycles. The van der Waals surface area contributed by atoms with Crippen LogP contribution in [0.3, 0.4) is 0 Å². The molecule has 0 atom stereocenters. The van der Waals surface area contributed by atoms with Crippen LogP contribution in [0.4, 0.5) is 5.82 Å². The second kappa shape index (κ2) is 7.82. The van der Waals surface area contributed by atoms with Crippen molar-refractivity contribution in [3.63, 3.8) is 0 Å². The van der Waals surface area contributed by atoms with E-state index in [1.54, 1.807) is 12.4 Å². The van der Waals surface area contributed by atoms with Crippen molar-refractivity contribution in [2.45, 2.75) is 13.2 Å². The minimum Gasteiger partial charge on any atom is -0.489 e. The van der Waals surface area contributed by atoms with Crippen molar-refractivity contribution < 1.29 is 4.74 Å². The summed E-state index contributed by atoms with van der Waals surface area (Å²) in [6.45, 7) is 0.922. The highest BCUT2D eigenvalue weighted by Crippen LogP contribution is 2.26. The summed E-state index contributed by atoms with van der Waals surface area (Å²) in [6.07, 6.45) is 1.55. The maximum absolute atomic E-state index is 6.17. The van der Waals surface area contributed by atoms with Gasteiger partial charge in [0.05, 0.1) is 6.33 Å². The normalized spacial score (nSPS) is 10.9. The number of benzene rings is 2. The highest BCUT2D eigenvalue weighted by molar-refractivity contribution is 6.30. The Bertz CT molecular complexity index is 1070. The van der Waals surface area contributed by atoms with Crippen LogP contribution in [-0.4, -0.2) is 19.9 Å². The molecule has 0 saturated heterocycles. The van der Waals surface area contributed by atoms with Gasteiger partial charge >= 0.3 is 0 Å². The van der Waals surface area contributed by atoms with Gasteiger partial charge in [-0.3, -0.25) is 0 Å². The molecule has 0 spiro atoms. The predicted octanol–water partition coefficient (Wildman–Crippen LogP) is 4.85. The molecule has 8 heteroatoms. The number of H-pyrrole nitrogens is 1. The Hall–Kier alpha value is -2.83. The van der Waals surface area contributed by atoms with E-state index >= 15 is 0 Å². The molecule has 0 bridgehead atoms. The van der Waals surface area contributed by atoms with Gasteiger partial charge in [-0.2, -0.15) is 9.97 Å². The number of halogens is 2. The Morgan fingerprint density at radius 1 is 1.04 bits per heavy atom. The van der Waals surface area contributed by atoms with Crippen LogP contribution < -0.4 is 10.1 Å². The van der Waals surface area contributed by atoms with Crippen LogP contribution in [0.2, 0.25) is 10.3 Å². The number of imidazole rings is 1. The van der Waals surface area contributed by atoms with E-state index in [1.165, 1.54) is 0 Å². The molecule has 0 fully saturated rings. The van der Waals surface area contributed by atoms with Crippen LogP contribution >= 0.6 is 23.2 Å². The third kappa shape index (κ3) is 4.13. The molecular weight excluding hydrogens is 385 g/mol. The molecule has 4 rings (SSSR count). The maximum Gasteiger partial charge on any atom is 0.226 e. The summed E-state index contributed by atoms with van der Waals surface area (Å²) in [7, 11) is 0. The summed E-state index contributed by atoms with van der Waals surface area (Å²) in [4.78, 5) is 15.4. The van der Waals surface area contributed by atoms with Crippen molar-refractivity contribution in [3.8, 4) is 5.75 Å². The molecule has 0 aliphatic carbocycles. The van der Waals surface area contributed by atoms with E-state index in [-0.39, 0.29) is 5.28 Å². The Morgan fingerprint density at radius 2 is 1.89 bits per heavy atom. The average Bonchev–Trinajstić information content (AvgIpc) is 3.14. The van der Waals surface area contributed by atoms with E-state index in [0.29, 0.717) is 35.2 Å². The molecule has 0 amide bonds. The molecule has 0 unspecified atom stereocenters. The molecule has 2 heterocycles. The number of aromatic nitrogens is 4. The number of nitrogens with one attached hydrogen (secondary N) is 2. The topological polar surface area (TPSA) is 75.7 Å². The minimum absolute atomic E-state index is 0.128. The molecule has 0 aliphatic rings. The van der Waals surface area contributed by atoms with Gasteiger partial charge in [-0.1, -0.05) is 41.9 Å². The first-order chi connectivity index (χ1) is 13.2. The van der Waals surface area contributed by atoms with E-state index < -0.39 is 0 Å². The third-order valence-electron chi connectivity index (χ3n) is 3.96. The van der Waals surface area contributed by atoms with Gasteiger partial charge in [-0.25, -0.2) is 4.98 Å². The number of nitrogens with zero attached hydrogens (tertiary/aromatic N) is 3. The van der Waals surface area contributed by atoms with Crippen LogP contribution in [-0.2, 0) is 13.2 Å². The van der Waals surface area contributed by atoms with Gasteiger partial charge in [0, 0.05) is 17.1 Å². The SMILES string of the molecule is Clc1ccc(OCc2ccccc2)c(CNc2nc(Cl)nc3nc[nH]c23)c1. The number of hydrogen-bond donors (Lipinski definition) is 2. The first-order valence-corrected chi connectivity index (χ1v) is 9.00. The molecule has 136 valence electrons. The number of rotatable bonds is 6. The minimum atomic E-state index is 0.128. The first-order valence-electron chi connectivity index (χ1n) is 8.25. The summed E-state index contributed by atoms with van der Waals surface area (Å²) in [5, 5.41) is 4.01. The molecule has 2 N–H and O–H groups in total. The highest BCUT2D eigenvalue weighted by atomic mass is 35.5.